The van der Waals surface area contributed by atoms with Gasteiger partial charge in [-0.15, -0.1) is 0 Å². The van der Waals surface area contributed by atoms with E-state index in [1.807, 2.05) is 15.9 Å². The van der Waals surface area contributed by atoms with Crippen molar-refractivity contribution in [3.05, 3.63) is 35.4 Å². The number of benzene rings is 1. The Morgan fingerprint density at radius 2 is 1.71 bits per heavy atom. The van der Waals surface area contributed by atoms with Crippen molar-refractivity contribution in [3.63, 3.8) is 0 Å². The molecule has 2 heterocycles. The third-order valence-corrected chi connectivity index (χ3v) is 5.72. The van der Waals surface area contributed by atoms with Crippen molar-refractivity contribution in [1.82, 2.24) is 9.80 Å². The molecule has 28 heavy (non-hydrogen) atoms. The van der Waals surface area contributed by atoms with E-state index in [0.717, 1.165) is 38.6 Å². The van der Waals surface area contributed by atoms with Crippen molar-refractivity contribution >= 4 is 11.8 Å². The number of rotatable bonds is 1. The summed E-state index contributed by atoms with van der Waals surface area (Å²) in [6, 6.07) is 8.42. The fourth-order valence-corrected chi connectivity index (χ4v) is 4.45. The van der Waals surface area contributed by atoms with Crippen LogP contribution >= 0.6 is 0 Å². The van der Waals surface area contributed by atoms with Crippen LogP contribution in [-0.4, -0.2) is 45.4 Å². The van der Waals surface area contributed by atoms with Crippen LogP contribution in [0, 0.1) is 5.92 Å². The first-order valence-electron chi connectivity index (χ1n) is 9.53. The Hall–Kier alpha value is -1.96. The molecule has 2 aliphatic heterocycles. The molecule has 154 valence electrons. The minimum atomic E-state index is -5.38. The number of hydrogen-bond donors (Lipinski definition) is 1. The summed E-state index contributed by atoms with van der Waals surface area (Å²) in [6.45, 7) is 1.72. The molecule has 1 unspecified atom stereocenters. The molecule has 3 aliphatic rings. The third kappa shape index (κ3) is 5.10. The monoisotopic (exact) mass is 432 g/mol. The standard InChI is InChI=1S/C19H24N2O2.Mn.H2O.3O/c22-18-13-20(19(23)15-7-2-1-3-8-15)12-17-16-9-5-4-6-14(16)10-11-21(17)18;;;;;/h4-6,9,15,17H,1-3,7-8,10-13H2;;1H2;;;/q;+1;;;;/p-1. The average molecular weight is 432 g/mol. The van der Waals surface area contributed by atoms with E-state index in [9.17, 15) is 9.59 Å². The molecule has 4 rings (SSSR count). The number of piperazine rings is 1. The molecule has 1 N–H and O–H groups in total. The molecule has 1 saturated carbocycles. The molecule has 8 nitrogen and oxygen atoms in total. The fourth-order valence-electron chi connectivity index (χ4n) is 4.45. The fraction of sp³-hybridized carbons (Fsp3) is 0.579. The molecule has 1 saturated heterocycles. The van der Waals surface area contributed by atoms with Gasteiger partial charge in [-0.05, 0) is 30.4 Å². The van der Waals surface area contributed by atoms with E-state index in [4.69, 9.17) is 15.7 Å². The first-order chi connectivity index (χ1) is 13.2. The Bertz CT molecular complexity index is 889. The minimum absolute atomic E-state index is 0.0498. The van der Waals surface area contributed by atoms with Gasteiger partial charge in [0.15, 0.2) is 0 Å². The van der Waals surface area contributed by atoms with Crippen molar-refractivity contribution < 1.29 is 38.3 Å². The van der Waals surface area contributed by atoms with Gasteiger partial charge in [-0.25, -0.2) is 0 Å². The van der Waals surface area contributed by atoms with Crippen molar-refractivity contribution in [2.24, 2.45) is 5.92 Å². The molecule has 1 aromatic rings. The Kier molecular flexibility index (Phi) is 6.37. The van der Waals surface area contributed by atoms with Gasteiger partial charge < -0.3 is 9.80 Å². The van der Waals surface area contributed by atoms with Crippen molar-refractivity contribution in [3.8, 4) is 0 Å². The van der Waals surface area contributed by atoms with Gasteiger partial charge in [-0.1, -0.05) is 43.5 Å². The van der Waals surface area contributed by atoms with E-state index >= 15 is 0 Å². The Morgan fingerprint density at radius 3 is 2.39 bits per heavy atom. The predicted molar refractivity (Wildman–Crippen MR) is 92.0 cm³/mol. The van der Waals surface area contributed by atoms with Gasteiger partial charge in [0, 0.05) is 19.0 Å². The summed E-state index contributed by atoms with van der Waals surface area (Å²) in [5, 5.41) is 0. The van der Waals surface area contributed by atoms with Gasteiger partial charge in [-0.2, -0.15) is 0 Å². The maximum atomic E-state index is 12.8. The zero-order valence-corrected chi connectivity index (χ0v) is 16.8. The molecule has 0 spiro atoms. The van der Waals surface area contributed by atoms with Crippen LogP contribution in [0.4, 0.5) is 0 Å². The normalized spacial score (nSPS) is 22.6. The van der Waals surface area contributed by atoms with Crippen molar-refractivity contribution in [1.29, 1.82) is 0 Å². The molecule has 0 bridgehead atoms. The molecule has 1 aromatic carbocycles. The topological polar surface area (TPSA) is 112 Å². The van der Waals surface area contributed by atoms with E-state index in [2.05, 4.69) is 18.2 Å². The molecule has 9 heteroatoms. The van der Waals surface area contributed by atoms with Crippen LogP contribution in [0.5, 0.6) is 0 Å². The molecule has 2 fully saturated rings. The predicted octanol–water partition coefficient (Wildman–Crippen LogP) is 1.62. The summed E-state index contributed by atoms with van der Waals surface area (Å²) in [5.74, 6) is 0.461. The zero-order chi connectivity index (χ0) is 20.3. The number of amides is 2. The summed E-state index contributed by atoms with van der Waals surface area (Å²) < 4.78 is 33.1. The van der Waals surface area contributed by atoms with Crippen LogP contribution in [0.15, 0.2) is 24.3 Å². The molecular weight excluding hydrogens is 407 g/mol. The average Bonchev–Trinajstić information content (AvgIpc) is 2.66. The summed E-state index contributed by atoms with van der Waals surface area (Å²) in [6.07, 6.45) is 6.46. The van der Waals surface area contributed by atoms with Crippen molar-refractivity contribution in [2.75, 3.05) is 19.6 Å². The van der Waals surface area contributed by atoms with Gasteiger partial charge >= 0.3 is 28.7 Å². The molecule has 0 aromatic heterocycles. The molecule has 1 aliphatic carbocycles. The van der Waals surface area contributed by atoms with Gasteiger partial charge in [0.1, 0.15) is 0 Å². The second-order valence-corrected chi connectivity index (χ2v) is 8.74. The van der Waals surface area contributed by atoms with Crippen molar-refractivity contribution in [2.45, 2.75) is 44.6 Å². The third-order valence-electron chi connectivity index (χ3n) is 5.72. The van der Waals surface area contributed by atoms with Gasteiger partial charge in [0.05, 0.1) is 12.6 Å². The molecule has 2 amide bonds. The second kappa shape index (κ2) is 8.59. The molecule has 1 atom stereocenters. The van der Waals surface area contributed by atoms with E-state index < -0.39 is 13.0 Å². The van der Waals surface area contributed by atoms with E-state index in [-0.39, 0.29) is 30.3 Å². The van der Waals surface area contributed by atoms with E-state index in [1.54, 1.807) is 0 Å². The summed E-state index contributed by atoms with van der Waals surface area (Å²) in [4.78, 5) is 29.2. The van der Waals surface area contributed by atoms with E-state index in [0.29, 0.717) is 6.54 Å². The van der Waals surface area contributed by atoms with Crippen LogP contribution in [0.25, 0.3) is 0 Å². The van der Waals surface area contributed by atoms with E-state index in [1.165, 1.54) is 17.5 Å². The number of fused-ring (bicyclic) bond motifs is 3. The van der Waals surface area contributed by atoms with Gasteiger partial charge in [0.2, 0.25) is 11.8 Å². The number of carbonyl (C=O) groups excluding carboxylic acids is 2. The Morgan fingerprint density at radius 1 is 1.07 bits per heavy atom. The van der Waals surface area contributed by atoms with Crippen LogP contribution in [0.3, 0.4) is 0 Å². The SMILES string of the molecule is O=C(C1CCCCC1)N1CC(=O)N2CCc3ccccc3C2C1.[O]=[Mn](=[O])(=[O])[OH]. The summed E-state index contributed by atoms with van der Waals surface area (Å²) in [5.41, 5.74) is 2.56. The first kappa shape index (κ1) is 20.8. The van der Waals surface area contributed by atoms with Crippen LogP contribution in [0.2, 0.25) is 0 Å². The van der Waals surface area contributed by atoms with Crippen LogP contribution < -0.4 is 0 Å². The number of carbonyl (C=O) groups is 2. The molecular formula is C19H25MnN2O6. The van der Waals surface area contributed by atoms with Crippen LogP contribution in [-0.2, 0) is 40.5 Å². The van der Waals surface area contributed by atoms with Crippen LogP contribution in [0.1, 0.15) is 49.3 Å². The van der Waals surface area contributed by atoms with Gasteiger partial charge in [-0.3, -0.25) is 9.59 Å². The quantitative estimate of drug-likeness (QED) is 0.675. The second-order valence-electron chi connectivity index (χ2n) is 7.50. The first-order valence-corrected chi connectivity index (χ1v) is 11.5. The number of hydrogen-bond acceptors (Lipinski definition) is 5. The Labute approximate surface area is 165 Å². The zero-order valence-electron chi connectivity index (χ0n) is 15.6. The Balaban J connectivity index is 0.000000403. The molecule has 0 radical (unpaired) electrons. The summed E-state index contributed by atoms with van der Waals surface area (Å²) >= 11 is -5.38. The maximum absolute atomic E-state index is 12.8. The van der Waals surface area contributed by atoms with Gasteiger partial charge in [0.25, 0.3) is 0 Å². The summed E-state index contributed by atoms with van der Waals surface area (Å²) in [7, 11) is 0. The number of nitrogens with zero attached hydrogens (tertiary/aromatic N) is 2.